The van der Waals surface area contributed by atoms with Crippen LogP contribution in [0.2, 0.25) is 0 Å². The van der Waals surface area contributed by atoms with Gasteiger partial charge < -0.3 is 14.2 Å². The van der Waals surface area contributed by atoms with Gasteiger partial charge in [-0.15, -0.1) is 0 Å². The van der Waals surface area contributed by atoms with E-state index in [1.54, 1.807) is 39.0 Å². The predicted octanol–water partition coefficient (Wildman–Crippen LogP) is 30.3. The molecule has 800 valence electrons. The Morgan fingerprint density at radius 2 is 0.480 bits per heavy atom. The summed E-state index contributed by atoms with van der Waals surface area (Å²) in [7, 11) is -17.3. The standard InChI is InChI=1S/C27H23F11P.C25H21F9O3P.C25H22F8P.C22H10F14P/c1-17-4-10-20(11-5-17)39(21-12-6-18(2)7-13-21,22-14-8-19(3)9-15-22)16-23(28,29)24(30,31)25(32,33)26(34,35)27(36,37)38;1-35-16-7-4-10-19(13-16)38(20-11-5-8-17(14-20)36-2,21-12-6-9-18(15-21)37-3)25(33,34)23(28,29)22(26,27)24(30,31)32;26-22(27)23(28,29)24(30,31)25(32,33)34(16-19-10-4-1-5-11-19,17-20-12-6-2-7-13-20)18-21-14-8-3-9-15-21;23-13-14(24)16(26)18(17(27)15(13)25)37(11-7-3-1-4-8-11,12-9-5-2-6-10-12)22(35,36)20(30,31)19(28,29)21(32,33)34/h4-15H,16H2,1-3H3;4-15H,1-3H3;1-15,22H,16-18H2;1-10H/q4*+1. The molecule has 49 heteroatoms. The lowest BCUT2D eigenvalue weighted by Crippen LogP contribution is -2.67. The number of halogens is 42. The smallest absolute Gasteiger partial charge is 0.460 e. The quantitative estimate of drug-likeness (QED) is 0.0178. The van der Waals surface area contributed by atoms with Crippen LogP contribution >= 0.6 is 29.0 Å². The van der Waals surface area contributed by atoms with Crippen LogP contribution in [0.25, 0.3) is 0 Å². The summed E-state index contributed by atoms with van der Waals surface area (Å²) < 4.78 is 617. The third kappa shape index (κ3) is 21.5. The molecule has 0 N–H and O–H groups in total. The molecule has 0 saturated heterocycles. The van der Waals surface area contributed by atoms with Crippen molar-refractivity contribution in [1.82, 2.24) is 0 Å². The first-order valence-corrected chi connectivity index (χ1v) is 49.9. The van der Waals surface area contributed by atoms with Gasteiger partial charge in [-0.1, -0.05) is 199 Å². The highest BCUT2D eigenvalue weighted by Crippen LogP contribution is 2.82. The largest absolute Gasteiger partial charge is 0.497 e. The van der Waals surface area contributed by atoms with Crippen molar-refractivity contribution in [2.24, 2.45) is 0 Å². The van der Waals surface area contributed by atoms with Crippen LogP contribution in [0.3, 0.4) is 0 Å². The Morgan fingerprint density at radius 1 is 0.236 bits per heavy atom. The second kappa shape index (κ2) is 44.0. The Balaban J connectivity index is 0.000000219. The first kappa shape index (κ1) is 120. The zero-order valence-electron chi connectivity index (χ0n) is 76.1. The molecule has 0 aliphatic heterocycles. The lowest BCUT2D eigenvalue weighted by atomic mass is 9.99. The monoisotopic (exact) mass is 2230 g/mol. The molecule has 0 radical (unpaired) electrons. The molecule has 0 heterocycles. The fourth-order valence-corrected chi connectivity index (χ4v) is 32.9. The van der Waals surface area contributed by atoms with Gasteiger partial charge in [-0.2, -0.15) is 162 Å². The average Bonchev–Trinajstić information content (AvgIpc) is 0.680. The lowest BCUT2D eigenvalue weighted by molar-refractivity contribution is -0.419. The SMILES string of the molecule is COc1cccc([P+](c2cccc(OC)c2)(c2cccc(OC)c2)C(F)(F)C(F)(F)C(F)(F)C(F)(F)F)c1.Cc1ccc([P+](CC(F)(F)C(F)(F)C(F)(F)C(F)(F)C(F)(F)F)(c2ccc(C)cc2)c2ccc(C)cc2)cc1.FC(F)C(F)(F)C(F)(F)C(F)(F)[P+](Cc1ccccc1)(Cc1ccccc1)Cc1ccccc1.Fc1c(F)c(F)c([P+](c2ccccc2)(c2ccccc2)C(F)(F)C(F)(F)C(F)(F)C(F)(F)F)c(F)c1F. The van der Waals surface area contributed by atoms with Crippen molar-refractivity contribution in [3.05, 3.63) is 360 Å². The maximum atomic E-state index is 16.5. The first-order valence-electron chi connectivity index (χ1n) is 42.0. The maximum absolute atomic E-state index is 16.5. The molecule has 12 rings (SSSR count). The number of alkyl halides is 37. The Bertz CT molecular complexity index is 6040. The minimum Gasteiger partial charge on any atom is -0.497 e. The molecule has 148 heavy (non-hydrogen) atoms. The molecule has 0 spiro atoms. The second-order valence-corrected chi connectivity index (χ2v) is 47.0. The van der Waals surface area contributed by atoms with Gasteiger partial charge in [0.2, 0.25) is 29.1 Å². The van der Waals surface area contributed by atoms with Crippen LogP contribution in [0.15, 0.2) is 297 Å². The van der Waals surface area contributed by atoms with Crippen molar-refractivity contribution in [3.8, 4) is 17.2 Å². The van der Waals surface area contributed by atoms with E-state index in [1.165, 1.54) is 164 Å². The van der Waals surface area contributed by atoms with Crippen molar-refractivity contribution in [2.75, 3.05) is 27.5 Å². The Kier molecular flexibility index (Phi) is 35.8. The third-order valence-corrected chi connectivity index (χ3v) is 40.8. The van der Waals surface area contributed by atoms with Crippen LogP contribution in [0, 0.1) is 49.9 Å². The molecule has 12 aromatic carbocycles. The van der Waals surface area contributed by atoms with Crippen LogP contribution in [0.1, 0.15) is 33.4 Å². The van der Waals surface area contributed by atoms with Crippen molar-refractivity contribution in [3.63, 3.8) is 0 Å². The first-order chi connectivity index (χ1) is 68.1. The normalized spacial score (nSPS) is 13.6. The Morgan fingerprint density at radius 3 is 0.736 bits per heavy atom. The van der Waals surface area contributed by atoms with E-state index in [0.717, 1.165) is 112 Å². The minimum atomic E-state index is -7.53. The van der Waals surface area contributed by atoms with Gasteiger partial charge in [-0.25, -0.2) is 22.0 Å². The van der Waals surface area contributed by atoms with Gasteiger partial charge in [-0.05, 0) is 135 Å². The van der Waals surface area contributed by atoms with Crippen LogP contribution in [-0.4, -0.2) is 129 Å². The molecule has 0 atom stereocenters. The highest BCUT2D eigenvalue weighted by atomic mass is 31.2. The van der Waals surface area contributed by atoms with Gasteiger partial charge in [0.15, 0.2) is 19.8 Å². The number of ether oxygens (including phenoxy) is 3. The van der Waals surface area contributed by atoms with E-state index < -0.39 is 216 Å². The molecule has 0 saturated carbocycles. The molecule has 0 bridgehead atoms. The summed E-state index contributed by atoms with van der Waals surface area (Å²) in [5.74, 6) is -84.9. The summed E-state index contributed by atoms with van der Waals surface area (Å²) in [4.78, 5) is 0. The molecule has 0 fully saturated rings. The van der Waals surface area contributed by atoms with Crippen molar-refractivity contribution < 1.29 is 199 Å². The Hall–Kier alpha value is -11.2. The summed E-state index contributed by atoms with van der Waals surface area (Å²) in [6.45, 7) is 4.93. The third-order valence-electron chi connectivity index (χ3n) is 23.3. The van der Waals surface area contributed by atoms with Crippen LogP contribution in [-0.2, 0) is 18.5 Å². The van der Waals surface area contributed by atoms with E-state index in [4.69, 9.17) is 14.2 Å². The highest BCUT2D eigenvalue weighted by Gasteiger charge is 2.94. The average molecular weight is 2240 g/mol. The topological polar surface area (TPSA) is 27.7 Å². The number of aryl methyl sites for hydroxylation is 3. The zero-order valence-corrected chi connectivity index (χ0v) is 79.7. The zero-order chi connectivity index (χ0) is 111. The van der Waals surface area contributed by atoms with Crippen molar-refractivity contribution in [1.29, 1.82) is 0 Å². The summed E-state index contributed by atoms with van der Waals surface area (Å²) in [6, 6.07) is 58.8. The maximum Gasteiger partial charge on any atom is 0.460 e. The number of benzene rings is 12. The van der Waals surface area contributed by atoms with Crippen LogP contribution < -0.4 is 62.0 Å². The summed E-state index contributed by atoms with van der Waals surface area (Å²) in [5.41, 5.74) is -15.6. The minimum absolute atomic E-state index is 0.0159. The lowest BCUT2D eigenvalue weighted by Gasteiger charge is -2.40. The summed E-state index contributed by atoms with van der Waals surface area (Å²) in [6.07, 6.45) is -30.6. The predicted molar refractivity (Wildman–Crippen MR) is 480 cm³/mol. The van der Waals surface area contributed by atoms with Gasteiger partial charge in [0, 0.05) is 18.2 Å². The van der Waals surface area contributed by atoms with Gasteiger partial charge in [0.05, 0.1) is 39.8 Å². The van der Waals surface area contributed by atoms with E-state index in [1.807, 2.05) is 0 Å². The molecule has 0 unspecified atom stereocenters. The number of hydrogen-bond donors (Lipinski definition) is 0. The number of hydrogen-bond acceptors (Lipinski definition) is 3. The van der Waals surface area contributed by atoms with E-state index in [0.29, 0.717) is 41.0 Å². The number of methoxy groups -OCH3 is 3. The Labute approximate surface area is 817 Å². The van der Waals surface area contributed by atoms with Gasteiger partial charge >= 0.3 is 101 Å². The van der Waals surface area contributed by atoms with E-state index in [-0.39, 0.29) is 49.9 Å². The van der Waals surface area contributed by atoms with Gasteiger partial charge in [0.25, 0.3) is 0 Å². The molecular weight excluding hydrogens is 2160 g/mol. The van der Waals surface area contributed by atoms with Gasteiger partial charge in [0.1, 0.15) is 80.4 Å². The van der Waals surface area contributed by atoms with Crippen LogP contribution in [0.5, 0.6) is 17.2 Å². The molecule has 0 amide bonds. The summed E-state index contributed by atoms with van der Waals surface area (Å²) in [5, 5.41) is -7.34. The molecular formula is C99H76F42O3P4+4. The van der Waals surface area contributed by atoms with E-state index >= 15 is 52.7 Å². The van der Waals surface area contributed by atoms with Crippen molar-refractivity contribution in [2.45, 2.75) is 140 Å². The molecule has 0 aliphatic carbocycles. The molecule has 3 nitrogen and oxygen atoms in total. The summed E-state index contributed by atoms with van der Waals surface area (Å²) >= 11 is 0. The second-order valence-electron chi connectivity index (χ2n) is 32.9. The molecule has 12 aromatic rings. The van der Waals surface area contributed by atoms with Crippen LogP contribution in [0.4, 0.5) is 184 Å². The molecule has 0 aliphatic rings. The fourth-order valence-electron chi connectivity index (χ4n) is 15.6. The van der Waals surface area contributed by atoms with Gasteiger partial charge in [-0.3, -0.25) is 0 Å². The van der Waals surface area contributed by atoms with E-state index in [2.05, 4.69) is 0 Å². The fraction of sp³-hybridized carbons (Fsp3) is 0.273. The van der Waals surface area contributed by atoms with E-state index in [9.17, 15) is 132 Å². The number of rotatable bonds is 33. The highest BCUT2D eigenvalue weighted by molar-refractivity contribution is 7.97. The van der Waals surface area contributed by atoms with Crippen molar-refractivity contribution >= 4 is 76.8 Å². The molecule has 0 aromatic heterocycles.